The highest BCUT2D eigenvalue weighted by Crippen LogP contribution is 2.16. The van der Waals surface area contributed by atoms with E-state index < -0.39 is 11.8 Å². The van der Waals surface area contributed by atoms with Gasteiger partial charge in [-0.15, -0.1) is 5.10 Å². The minimum absolute atomic E-state index is 0.0316. The quantitative estimate of drug-likeness (QED) is 0.433. The van der Waals surface area contributed by atoms with Gasteiger partial charge in [-0.25, -0.2) is 4.68 Å². The van der Waals surface area contributed by atoms with Crippen molar-refractivity contribution in [2.45, 2.75) is 11.7 Å². The molecule has 0 aliphatic carbocycles. The Labute approximate surface area is 175 Å². The fourth-order valence-electron chi connectivity index (χ4n) is 2.27. The summed E-state index contributed by atoms with van der Waals surface area (Å²) in [5, 5.41) is 12.5. The predicted molar refractivity (Wildman–Crippen MR) is 108 cm³/mol. The lowest BCUT2D eigenvalue weighted by atomic mass is 10.2. The van der Waals surface area contributed by atoms with Gasteiger partial charge in [-0.2, -0.15) is 0 Å². The van der Waals surface area contributed by atoms with Gasteiger partial charge in [0.2, 0.25) is 11.1 Å². The number of aromatic nitrogens is 4. The monoisotopic (exact) mass is 432 g/mol. The van der Waals surface area contributed by atoms with E-state index in [4.69, 9.17) is 16.3 Å². The van der Waals surface area contributed by atoms with Crippen LogP contribution >= 0.6 is 23.4 Å². The van der Waals surface area contributed by atoms with E-state index in [0.29, 0.717) is 22.3 Å². The normalized spacial score (nSPS) is 10.4. The average molecular weight is 433 g/mol. The summed E-state index contributed by atoms with van der Waals surface area (Å²) in [7, 11) is 1.61. The molecular formula is C18H17ClN6O3S. The summed E-state index contributed by atoms with van der Waals surface area (Å²) in [6, 6.07) is 13.8. The van der Waals surface area contributed by atoms with Crippen molar-refractivity contribution in [2.24, 2.45) is 0 Å². The molecule has 0 unspecified atom stereocenters. The van der Waals surface area contributed by atoms with E-state index in [-0.39, 0.29) is 5.75 Å². The van der Waals surface area contributed by atoms with Gasteiger partial charge >= 0.3 is 0 Å². The van der Waals surface area contributed by atoms with Crippen molar-refractivity contribution >= 4 is 35.2 Å². The maximum absolute atomic E-state index is 12.0. The number of thioether (sulfide) groups is 1. The maximum atomic E-state index is 12.0. The third kappa shape index (κ3) is 5.93. The highest BCUT2D eigenvalue weighted by molar-refractivity contribution is 7.99. The second kappa shape index (κ2) is 9.89. The van der Waals surface area contributed by atoms with Gasteiger partial charge in [0.15, 0.2) is 0 Å². The number of hydrazine groups is 1. The molecule has 29 heavy (non-hydrogen) atoms. The highest BCUT2D eigenvalue weighted by Gasteiger charge is 2.12. The number of amides is 2. The Kier molecular flexibility index (Phi) is 7.04. The molecule has 0 fully saturated rings. The standard InChI is InChI=1S/C18H17ClN6O3S/c1-28-15-8-2-12(3-9-15)10-25-18(22-23-24-25)29-11-16(26)20-21-17(27)13-4-6-14(19)7-5-13/h2-9H,10-11H2,1H3,(H,20,26)(H,21,27). The van der Waals surface area contributed by atoms with Crippen LogP contribution in [0.4, 0.5) is 0 Å². The summed E-state index contributed by atoms with van der Waals surface area (Å²) < 4.78 is 6.72. The molecule has 3 rings (SSSR count). The summed E-state index contributed by atoms with van der Waals surface area (Å²) in [5.41, 5.74) is 6.07. The van der Waals surface area contributed by atoms with Crippen LogP contribution in [0.5, 0.6) is 5.75 Å². The first-order valence-electron chi connectivity index (χ1n) is 8.42. The lowest BCUT2D eigenvalue weighted by molar-refractivity contribution is -0.119. The Morgan fingerprint density at radius 3 is 2.52 bits per heavy atom. The van der Waals surface area contributed by atoms with Gasteiger partial charge in [0.05, 0.1) is 19.4 Å². The minimum atomic E-state index is -0.440. The molecule has 11 heteroatoms. The molecule has 0 aliphatic rings. The van der Waals surface area contributed by atoms with E-state index in [1.54, 1.807) is 36.1 Å². The smallest absolute Gasteiger partial charge is 0.269 e. The number of halogens is 1. The number of carbonyl (C=O) groups is 2. The zero-order chi connectivity index (χ0) is 20.6. The van der Waals surface area contributed by atoms with Gasteiger partial charge < -0.3 is 4.74 Å². The summed E-state index contributed by atoms with van der Waals surface area (Å²) in [4.78, 5) is 24.0. The van der Waals surface area contributed by atoms with Gasteiger partial charge in [-0.3, -0.25) is 20.4 Å². The van der Waals surface area contributed by atoms with Crippen LogP contribution in [0.2, 0.25) is 5.02 Å². The summed E-state index contributed by atoms with van der Waals surface area (Å²) >= 11 is 6.94. The maximum Gasteiger partial charge on any atom is 0.269 e. The zero-order valence-corrected chi connectivity index (χ0v) is 16.9. The molecular weight excluding hydrogens is 416 g/mol. The Hall–Kier alpha value is -3.11. The molecule has 0 spiro atoms. The zero-order valence-electron chi connectivity index (χ0n) is 15.3. The number of benzene rings is 2. The van der Waals surface area contributed by atoms with Crippen molar-refractivity contribution in [1.82, 2.24) is 31.1 Å². The molecule has 2 aromatic carbocycles. The molecule has 0 atom stereocenters. The van der Waals surface area contributed by atoms with Gasteiger partial charge in [-0.1, -0.05) is 35.5 Å². The fraction of sp³-hybridized carbons (Fsp3) is 0.167. The van der Waals surface area contributed by atoms with Crippen molar-refractivity contribution in [3.05, 3.63) is 64.7 Å². The number of nitrogens with one attached hydrogen (secondary N) is 2. The molecule has 1 heterocycles. The fourth-order valence-corrected chi connectivity index (χ4v) is 3.07. The molecule has 0 radical (unpaired) electrons. The Morgan fingerprint density at radius 1 is 1.10 bits per heavy atom. The molecule has 0 saturated heterocycles. The number of tetrazole rings is 1. The van der Waals surface area contributed by atoms with E-state index in [9.17, 15) is 9.59 Å². The number of ether oxygens (including phenoxy) is 1. The van der Waals surface area contributed by atoms with E-state index in [1.165, 1.54) is 0 Å². The summed E-state index contributed by atoms with van der Waals surface area (Å²) in [5.74, 6) is -0.0396. The third-order valence-corrected chi connectivity index (χ3v) is 4.95. The van der Waals surface area contributed by atoms with Crippen molar-refractivity contribution < 1.29 is 14.3 Å². The molecule has 9 nitrogen and oxygen atoms in total. The van der Waals surface area contributed by atoms with Crippen LogP contribution in [0.25, 0.3) is 0 Å². The van der Waals surface area contributed by atoms with Crippen LogP contribution in [-0.4, -0.2) is 44.9 Å². The number of nitrogens with zero attached hydrogens (tertiary/aromatic N) is 4. The first-order valence-corrected chi connectivity index (χ1v) is 9.78. The van der Waals surface area contributed by atoms with E-state index in [2.05, 4.69) is 26.4 Å². The van der Waals surface area contributed by atoms with Crippen LogP contribution in [0.1, 0.15) is 15.9 Å². The second-order valence-electron chi connectivity index (χ2n) is 5.77. The van der Waals surface area contributed by atoms with Gasteiger partial charge in [0.25, 0.3) is 5.91 Å². The first kappa shape index (κ1) is 20.6. The number of hydrogen-bond acceptors (Lipinski definition) is 7. The number of methoxy groups -OCH3 is 1. The molecule has 150 valence electrons. The highest BCUT2D eigenvalue weighted by atomic mass is 35.5. The van der Waals surface area contributed by atoms with Crippen molar-refractivity contribution in [3.63, 3.8) is 0 Å². The lowest BCUT2D eigenvalue weighted by Gasteiger charge is -2.08. The Bertz CT molecular complexity index is 978. The molecule has 1 aromatic heterocycles. The van der Waals surface area contributed by atoms with Crippen LogP contribution in [0.15, 0.2) is 53.7 Å². The topological polar surface area (TPSA) is 111 Å². The van der Waals surface area contributed by atoms with Crippen molar-refractivity contribution in [3.8, 4) is 5.75 Å². The Balaban J connectivity index is 1.48. The molecule has 2 N–H and O–H groups in total. The largest absolute Gasteiger partial charge is 0.497 e. The van der Waals surface area contributed by atoms with Crippen LogP contribution in [-0.2, 0) is 11.3 Å². The van der Waals surface area contributed by atoms with Crippen molar-refractivity contribution in [1.29, 1.82) is 0 Å². The summed E-state index contributed by atoms with van der Waals surface area (Å²) in [6.07, 6.45) is 0. The molecule has 3 aromatic rings. The number of hydrogen-bond donors (Lipinski definition) is 2. The molecule has 0 aliphatic heterocycles. The molecule has 0 saturated carbocycles. The van der Waals surface area contributed by atoms with Crippen LogP contribution in [0, 0.1) is 0 Å². The Morgan fingerprint density at radius 2 is 1.83 bits per heavy atom. The van der Waals surface area contributed by atoms with E-state index >= 15 is 0 Å². The minimum Gasteiger partial charge on any atom is -0.497 e. The molecule has 0 bridgehead atoms. The van der Waals surface area contributed by atoms with E-state index in [1.807, 2.05) is 24.3 Å². The first-order chi connectivity index (χ1) is 14.0. The average Bonchev–Trinajstić information content (AvgIpc) is 3.18. The second-order valence-corrected chi connectivity index (χ2v) is 7.14. The lowest BCUT2D eigenvalue weighted by Crippen LogP contribution is -2.42. The summed E-state index contributed by atoms with van der Waals surface area (Å²) in [6.45, 7) is 0.453. The van der Waals surface area contributed by atoms with Crippen LogP contribution in [0.3, 0.4) is 0 Å². The van der Waals surface area contributed by atoms with Gasteiger partial charge in [-0.05, 0) is 52.4 Å². The third-order valence-electron chi connectivity index (χ3n) is 3.74. The molecule has 2 amide bonds. The number of carbonyl (C=O) groups excluding carboxylic acids is 2. The SMILES string of the molecule is COc1ccc(Cn2nnnc2SCC(=O)NNC(=O)c2ccc(Cl)cc2)cc1. The van der Waals surface area contributed by atoms with Gasteiger partial charge in [0, 0.05) is 10.6 Å². The van der Waals surface area contributed by atoms with Gasteiger partial charge in [0.1, 0.15) is 5.75 Å². The predicted octanol–water partition coefficient (Wildman–Crippen LogP) is 1.94. The van der Waals surface area contributed by atoms with Crippen molar-refractivity contribution in [2.75, 3.05) is 12.9 Å². The van der Waals surface area contributed by atoms with E-state index in [0.717, 1.165) is 23.1 Å². The van der Waals surface area contributed by atoms with Crippen LogP contribution < -0.4 is 15.6 Å². The number of rotatable bonds is 7.